The Morgan fingerprint density at radius 2 is 1.00 bits per heavy atom. The molecule has 0 N–H and O–H groups in total. The lowest BCUT2D eigenvalue weighted by molar-refractivity contribution is 1.24. The lowest BCUT2D eigenvalue weighted by atomic mass is 9.99. The third-order valence-corrected chi connectivity index (χ3v) is 5.75. The smallest absolute Gasteiger partial charge is 0.0659 e. The van der Waals surface area contributed by atoms with E-state index in [0.717, 1.165) is 0 Å². The molecule has 0 aliphatic heterocycles. The molecule has 0 bridgehead atoms. The van der Waals surface area contributed by atoms with Crippen LogP contribution in [0.5, 0.6) is 0 Å². The summed E-state index contributed by atoms with van der Waals surface area (Å²) in [7, 11) is 0. The molecule has 0 fully saturated rings. The van der Waals surface area contributed by atoms with Crippen LogP contribution in [0.1, 0.15) is 31.9 Å². The number of benzene rings is 2. The molecule has 88 valence electrons. The number of alkyl halides is 2. The summed E-state index contributed by atoms with van der Waals surface area (Å²) < 4.78 is 0. The Labute approximate surface area is 123 Å². The van der Waals surface area contributed by atoms with Crippen molar-refractivity contribution in [1.82, 2.24) is 0 Å². The van der Waals surface area contributed by atoms with Crippen LogP contribution < -0.4 is 0 Å². The maximum absolute atomic E-state index is 3.86. The van der Waals surface area contributed by atoms with Gasteiger partial charge >= 0.3 is 0 Å². The van der Waals surface area contributed by atoms with E-state index >= 15 is 0 Å². The van der Waals surface area contributed by atoms with Crippen LogP contribution in [0.25, 0.3) is 11.1 Å². The lowest BCUT2D eigenvalue weighted by Gasteiger charge is -2.13. The molecule has 18 heavy (non-hydrogen) atoms. The summed E-state index contributed by atoms with van der Waals surface area (Å²) in [4.78, 5) is 0.653. The van der Waals surface area contributed by atoms with Gasteiger partial charge in [0.25, 0.3) is 0 Å². The van der Waals surface area contributed by atoms with Crippen LogP contribution in [-0.2, 0) is 0 Å². The van der Waals surface area contributed by atoms with Gasteiger partial charge in [-0.25, -0.2) is 0 Å². The Hall–Kier alpha value is -0.860. The van der Waals surface area contributed by atoms with E-state index in [1.54, 1.807) is 0 Å². The van der Waals surface area contributed by atoms with Crippen LogP contribution in [-0.4, -0.2) is 0 Å². The highest BCUT2D eigenvalue weighted by atomic mass is 79.9. The first kappa shape index (κ1) is 11.0. The standard InChI is InChI=1S/C16H10Br2/c17-15-11-7-3-1-5-9(11)13-14(15)10-6-2-4-8-12(10)16(13)18/h1-8,15-16H/t15-,16+. The number of hydrogen-bond acceptors (Lipinski definition) is 0. The molecule has 0 unspecified atom stereocenters. The average molecular weight is 362 g/mol. The van der Waals surface area contributed by atoms with E-state index in [1.165, 1.54) is 33.4 Å². The van der Waals surface area contributed by atoms with E-state index in [1.807, 2.05) is 0 Å². The van der Waals surface area contributed by atoms with Crippen molar-refractivity contribution in [2.45, 2.75) is 9.65 Å². The summed E-state index contributed by atoms with van der Waals surface area (Å²) in [5, 5.41) is 0. The van der Waals surface area contributed by atoms with Crippen LogP contribution in [0.3, 0.4) is 0 Å². The zero-order valence-electron chi connectivity index (χ0n) is 9.53. The van der Waals surface area contributed by atoms with E-state index < -0.39 is 0 Å². The Morgan fingerprint density at radius 1 is 0.611 bits per heavy atom. The van der Waals surface area contributed by atoms with Crippen molar-refractivity contribution in [3.05, 3.63) is 70.8 Å². The second kappa shape index (κ2) is 3.82. The first-order chi connectivity index (χ1) is 8.79. The molecular formula is C16H10Br2. The molecule has 0 aromatic heterocycles. The number of halogens is 2. The van der Waals surface area contributed by atoms with Gasteiger partial charge in [-0.15, -0.1) is 0 Å². The molecule has 0 amide bonds. The molecule has 2 aliphatic rings. The minimum atomic E-state index is 0.326. The largest absolute Gasteiger partial charge is 0.0786 e. The van der Waals surface area contributed by atoms with Crippen LogP contribution in [0.4, 0.5) is 0 Å². The van der Waals surface area contributed by atoms with Crippen molar-refractivity contribution in [2.75, 3.05) is 0 Å². The second-order valence-electron chi connectivity index (χ2n) is 4.73. The van der Waals surface area contributed by atoms with Gasteiger partial charge in [0.2, 0.25) is 0 Å². The molecule has 0 saturated carbocycles. The normalized spacial score (nSPS) is 23.9. The lowest BCUT2D eigenvalue weighted by Crippen LogP contribution is -1.94. The maximum Gasteiger partial charge on any atom is 0.0659 e. The van der Waals surface area contributed by atoms with Crippen molar-refractivity contribution in [2.24, 2.45) is 0 Å². The Bertz CT molecular complexity index is 626. The number of rotatable bonds is 0. The zero-order chi connectivity index (χ0) is 12.3. The van der Waals surface area contributed by atoms with Gasteiger partial charge in [-0.3, -0.25) is 0 Å². The van der Waals surface area contributed by atoms with Crippen LogP contribution in [0.2, 0.25) is 0 Å². The number of hydrogen-bond donors (Lipinski definition) is 0. The highest BCUT2D eigenvalue weighted by molar-refractivity contribution is 9.09. The van der Waals surface area contributed by atoms with Gasteiger partial charge in [-0.2, -0.15) is 0 Å². The minimum absolute atomic E-state index is 0.326. The Balaban J connectivity index is 2.02. The first-order valence-corrected chi connectivity index (χ1v) is 7.83. The SMILES string of the molecule is Br[C@@H]1C2=C(c3ccccc31)[C@H](Br)c1ccccc12. The maximum atomic E-state index is 3.86. The summed E-state index contributed by atoms with van der Waals surface area (Å²) >= 11 is 7.73. The predicted octanol–water partition coefficient (Wildman–Crippen LogP) is 5.50. The molecule has 0 heterocycles. The molecule has 2 aromatic carbocycles. The monoisotopic (exact) mass is 360 g/mol. The van der Waals surface area contributed by atoms with Gasteiger partial charge in [0.15, 0.2) is 0 Å². The third kappa shape index (κ3) is 1.25. The summed E-state index contributed by atoms with van der Waals surface area (Å²) in [5.74, 6) is 0. The molecule has 0 spiro atoms. The highest BCUT2D eigenvalue weighted by Crippen LogP contribution is 2.61. The van der Waals surface area contributed by atoms with E-state index in [0.29, 0.717) is 9.65 Å². The molecule has 0 radical (unpaired) electrons. The minimum Gasteiger partial charge on any atom is -0.0786 e. The van der Waals surface area contributed by atoms with Crippen molar-refractivity contribution in [3.63, 3.8) is 0 Å². The molecule has 2 heteroatoms. The highest BCUT2D eigenvalue weighted by Gasteiger charge is 2.39. The molecule has 2 atom stereocenters. The van der Waals surface area contributed by atoms with Gasteiger partial charge in [-0.05, 0) is 33.4 Å². The fraction of sp³-hybridized carbons (Fsp3) is 0.125. The van der Waals surface area contributed by atoms with E-state index in [-0.39, 0.29) is 0 Å². The fourth-order valence-corrected chi connectivity index (χ4v) is 4.86. The molecule has 2 aromatic rings. The van der Waals surface area contributed by atoms with Crippen molar-refractivity contribution in [1.29, 1.82) is 0 Å². The zero-order valence-corrected chi connectivity index (χ0v) is 12.7. The fourth-order valence-electron chi connectivity index (χ4n) is 3.07. The van der Waals surface area contributed by atoms with E-state index in [9.17, 15) is 0 Å². The van der Waals surface area contributed by atoms with Gasteiger partial charge in [0.1, 0.15) is 0 Å². The summed E-state index contributed by atoms with van der Waals surface area (Å²) in [6.45, 7) is 0. The average Bonchev–Trinajstić information content (AvgIpc) is 2.87. The number of allylic oxidation sites excluding steroid dienone is 2. The second-order valence-corrected chi connectivity index (χ2v) is 6.56. The van der Waals surface area contributed by atoms with Crippen molar-refractivity contribution in [3.8, 4) is 0 Å². The van der Waals surface area contributed by atoms with Crippen molar-refractivity contribution >= 4 is 43.0 Å². The molecule has 0 nitrogen and oxygen atoms in total. The van der Waals surface area contributed by atoms with Crippen molar-refractivity contribution < 1.29 is 0 Å². The first-order valence-electron chi connectivity index (χ1n) is 6.00. The summed E-state index contributed by atoms with van der Waals surface area (Å²) in [6.07, 6.45) is 0. The van der Waals surface area contributed by atoms with Crippen LogP contribution in [0.15, 0.2) is 48.5 Å². The molecule has 2 aliphatic carbocycles. The predicted molar refractivity (Wildman–Crippen MR) is 83.0 cm³/mol. The van der Waals surface area contributed by atoms with E-state index in [2.05, 4.69) is 80.4 Å². The topological polar surface area (TPSA) is 0 Å². The molecule has 0 saturated heterocycles. The van der Waals surface area contributed by atoms with Gasteiger partial charge in [-0.1, -0.05) is 80.4 Å². The summed E-state index contributed by atoms with van der Waals surface area (Å²) in [6, 6.07) is 17.4. The number of fused-ring (bicyclic) bond motifs is 4. The van der Waals surface area contributed by atoms with Gasteiger partial charge in [0, 0.05) is 0 Å². The quantitative estimate of drug-likeness (QED) is 0.544. The Kier molecular flexibility index (Phi) is 2.33. The third-order valence-electron chi connectivity index (χ3n) is 3.85. The Morgan fingerprint density at radius 3 is 1.44 bits per heavy atom. The van der Waals surface area contributed by atoms with Crippen LogP contribution >= 0.6 is 31.9 Å². The van der Waals surface area contributed by atoms with Gasteiger partial charge in [0.05, 0.1) is 9.65 Å². The van der Waals surface area contributed by atoms with E-state index in [4.69, 9.17) is 0 Å². The molecule has 4 rings (SSSR count). The van der Waals surface area contributed by atoms with Crippen LogP contribution in [0, 0.1) is 0 Å². The molecular weight excluding hydrogens is 352 g/mol. The van der Waals surface area contributed by atoms with Gasteiger partial charge < -0.3 is 0 Å². The summed E-state index contributed by atoms with van der Waals surface area (Å²) in [5.41, 5.74) is 8.42.